The van der Waals surface area contributed by atoms with Crippen LogP contribution in [0, 0.1) is 11.3 Å². The maximum atomic E-state index is 11.7. The van der Waals surface area contributed by atoms with Gasteiger partial charge in [-0.3, -0.25) is 9.59 Å². The number of hydrogen-bond acceptors (Lipinski definition) is 4. The van der Waals surface area contributed by atoms with Gasteiger partial charge in [-0.05, 0) is 5.92 Å². The third-order valence-electron chi connectivity index (χ3n) is 2.30. The van der Waals surface area contributed by atoms with Crippen LogP contribution >= 0.6 is 0 Å². The van der Waals surface area contributed by atoms with Crippen molar-refractivity contribution in [3.05, 3.63) is 0 Å². The number of hydrogen-bond donors (Lipinski definition) is 1. The molecular weight excluding hydrogens is 222 g/mol. The van der Waals surface area contributed by atoms with Crippen LogP contribution in [0.3, 0.4) is 0 Å². The van der Waals surface area contributed by atoms with Crippen molar-refractivity contribution in [2.24, 2.45) is 11.3 Å². The van der Waals surface area contributed by atoms with Crippen molar-refractivity contribution >= 4 is 17.7 Å². The molecule has 0 rings (SSSR count). The molecule has 17 heavy (non-hydrogen) atoms. The summed E-state index contributed by atoms with van der Waals surface area (Å²) in [5, 5.41) is 2.41. The average molecular weight is 243 g/mol. The monoisotopic (exact) mass is 243 g/mol. The van der Waals surface area contributed by atoms with Gasteiger partial charge in [0.25, 0.3) is 5.91 Å². The van der Waals surface area contributed by atoms with Crippen molar-refractivity contribution in [1.29, 1.82) is 0 Å². The van der Waals surface area contributed by atoms with E-state index in [2.05, 4.69) is 10.1 Å². The van der Waals surface area contributed by atoms with E-state index in [0.717, 1.165) is 0 Å². The Labute approximate surface area is 102 Å². The maximum Gasteiger partial charge on any atom is 0.328 e. The lowest BCUT2D eigenvalue weighted by molar-refractivity contribution is -0.149. The third kappa shape index (κ3) is 4.54. The van der Waals surface area contributed by atoms with Crippen LogP contribution in [0.25, 0.3) is 0 Å². The van der Waals surface area contributed by atoms with Crippen LogP contribution < -0.4 is 5.32 Å². The molecule has 5 nitrogen and oxygen atoms in total. The molecule has 0 bridgehead atoms. The number of Topliss-reactive ketones (excluding diaryl/α,β-unsaturated/α-hetero) is 1. The standard InChI is InChI=1S/C12H21NO4/c1-7(2)8(11(16)17-6)13-10(15)9(14)12(3,4)5/h7-8H,1-6H3,(H,13,15)/t8-/m0/s1. The first-order valence-corrected chi connectivity index (χ1v) is 5.54. The first kappa shape index (κ1) is 15.6. The fourth-order valence-electron chi connectivity index (χ4n) is 1.17. The first-order chi connectivity index (χ1) is 7.61. The van der Waals surface area contributed by atoms with Crippen molar-refractivity contribution < 1.29 is 19.1 Å². The Balaban J connectivity index is 4.75. The van der Waals surface area contributed by atoms with Crippen LogP contribution in [0.2, 0.25) is 0 Å². The van der Waals surface area contributed by atoms with Gasteiger partial charge in [-0.15, -0.1) is 0 Å². The average Bonchev–Trinajstić information content (AvgIpc) is 2.21. The minimum absolute atomic E-state index is 0.140. The molecule has 1 N–H and O–H groups in total. The van der Waals surface area contributed by atoms with Crippen molar-refractivity contribution in [3.8, 4) is 0 Å². The highest BCUT2D eigenvalue weighted by Crippen LogP contribution is 2.15. The van der Waals surface area contributed by atoms with Gasteiger partial charge >= 0.3 is 5.97 Å². The predicted molar refractivity (Wildman–Crippen MR) is 63.2 cm³/mol. The summed E-state index contributed by atoms with van der Waals surface area (Å²) in [6.45, 7) is 8.49. The number of ketones is 1. The zero-order valence-electron chi connectivity index (χ0n) is 11.3. The van der Waals surface area contributed by atoms with Gasteiger partial charge in [-0.1, -0.05) is 34.6 Å². The van der Waals surface area contributed by atoms with E-state index in [4.69, 9.17) is 0 Å². The molecule has 0 aliphatic rings. The van der Waals surface area contributed by atoms with Crippen molar-refractivity contribution in [2.45, 2.75) is 40.7 Å². The zero-order chi connectivity index (χ0) is 13.8. The Hall–Kier alpha value is -1.39. The molecule has 0 fully saturated rings. The molecule has 0 aromatic carbocycles. The fourth-order valence-corrected chi connectivity index (χ4v) is 1.17. The first-order valence-electron chi connectivity index (χ1n) is 5.54. The van der Waals surface area contributed by atoms with Crippen molar-refractivity contribution in [2.75, 3.05) is 7.11 Å². The summed E-state index contributed by atoms with van der Waals surface area (Å²) in [7, 11) is 1.25. The van der Waals surface area contributed by atoms with Crippen LogP contribution in [-0.4, -0.2) is 30.8 Å². The molecule has 0 radical (unpaired) electrons. The highest BCUT2D eigenvalue weighted by molar-refractivity contribution is 6.38. The molecule has 0 unspecified atom stereocenters. The molecule has 0 aromatic rings. The number of amides is 1. The van der Waals surface area contributed by atoms with E-state index in [1.54, 1.807) is 34.6 Å². The molecule has 0 aliphatic heterocycles. The minimum atomic E-state index is -0.793. The van der Waals surface area contributed by atoms with Gasteiger partial charge < -0.3 is 10.1 Å². The van der Waals surface area contributed by atoms with Crippen molar-refractivity contribution in [1.82, 2.24) is 5.32 Å². The van der Waals surface area contributed by atoms with Gasteiger partial charge in [0.1, 0.15) is 6.04 Å². The van der Waals surface area contributed by atoms with Crippen LogP contribution in [-0.2, 0) is 19.1 Å². The molecule has 5 heteroatoms. The summed E-state index contributed by atoms with van der Waals surface area (Å²) < 4.78 is 4.57. The SMILES string of the molecule is COC(=O)[C@@H](NC(=O)C(=O)C(C)(C)C)C(C)C. The highest BCUT2D eigenvalue weighted by Gasteiger charge is 2.32. The summed E-state index contributed by atoms with van der Waals surface area (Å²) >= 11 is 0. The molecule has 98 valence electrons. The Morgan fingerprint density at radius 2 is 1.59 bits per heavy atom. The van der Waals surface area contributed by atoms with Gasteiger partial charge in [-0.2, -0.15) is 0 Å². The summed E-state index contributed by atoms with van der Waals surface area (Å²) in [6.07, 6.45) is 0. The number of ether oxygens (including phenoxy) is 1. The van der Waals surface area contributed by atoms with Crippen LogP contribution in [0.5, 0.6) is 0 Å². The Morgan fingerprint density at radius 1 is 1.12 bits per heavy atom. The Morgan fingerprint density at radius 3 is 1.88 bits per heavy atom. The number of rotatable bonds is 4. The van der Waals surface area contributed by atoms with E-state index in [1.165, 1.54) is 7.11 Å². The van der Waals surface area contributed by atoms with E-state index in [1.807, 2.05) is 0 Å². The largest absolute Gasteiger partial charge is 0.467 e. The zero-order valence-corrected chi connectivity index (χ0v) is 11.3. The van der Waals surface area contributed by atoms with Gasteiger partial charge in [0.05, 0.1) is 7.11 Å². The van der Waals surface area contributed by atoms with Crippen LogP contribution in [0.4, 0.5) is 0 Å². The molecule has 0 heterocycles. The van der Waals surface area contributed by atoms with E-state index in [-0.39, 0.29) is 5.92 Å². The molecular formula is C12H21NO4. The van der Waals surface area contributed by atoms with Gasteiger partial charge in [0, 0.05) is 5.41 Å². The molecule has 0 spiro atoms. The number of carbonyl (C=O) groups excluding carboxylic acids is 3. The van der Waals surface area contributed by atoms with Crippen LogP contribution in [0.15, 0.2) is 0 Å². The lowest BCUT2D eigenvalue weighted by Crippen LogP contribution is -2.49. The summed E-state index contributed by atoms with van der Waals surface area (Å²) in [5.74, 6) is -1.98. The Kier molecular flexibility index (Phi) is 5.32. The molecule has 0 aromatic heterocycles. The molecule has 0 saturated heterocycles. The minimum Gasteiger partial charge on any atom is -0.467 e. The third-order valence-corrected chi connectivity index (χ3v) is 2.30. The Bertz CT molecular complexity index is 315. The second-order valence-electron chi connectivity index (χ2n) is 5.30. The lowest BCUT2D eigenvalue weighted by atomic mass is 9.90. The van der Waals surface area contributed by atoms with Crippen molar-refractivity contribution in [3.63, 3.8) is 0 Å². The smallest absolute Gasteiger partial charge is 0.328 e. The summed E-state index contributed by atoms with van der Waals surface area (Å²) in [5.41, 5.74) is -0.762. The fraction of sp³-hybridized carbons (Fsp3) is 0.750. The van der Waals surface area contributed by atoms with Gasteiger partial charge in [0.15, 0.2) is 0 Å². The second kappa shape index (κ2) is 5.80. The quantitative estimate of drug-likeness (QED) is 0.588. The number of esters is 1. The molecule has 1 amide bonds. The summed E-state index contributed by atoms with van der Waals surface area (Å²) in [4.78, 5) is 34.7. The molecule has 1 atom stereocenters. The number of methoxy groups -OCH3 is 1. The maximum absolute atomic E-state index is 11.7. The van der Waals surface area contributed by atoms with Gasteiger partial charge in [-0.25, -0.2) is 4.79 Å². The lowest BCUT2D eigenvalue weighted by Gasteiger charge is -2.22. The number of carbonyl (C=O) groups is 3. The van der Waals surface area contributed by atoms with Gasteiger partial charge in [0.2, 0.25) is 5.78 Å². The normalized spacial score (nSPS) is 13.1. The topological polar surface area (TPSA) is 72.5 Å². The van der Waals surface area contributed by atoms with E-state index in [9.17, 15) is 14.4 Å². The summed E-state index contributed by atoms with van der Waals surface area (Å²) in [6, 6.07) is -0.793. The number of nitrogens with one attached hydrogen (secondary N) is 1. The predicted octanol–water partition coefficient (Wildman–Crippen LogP) is 0.915. The van der Waals surface area contributed by atoms with Crippen LogP contribution in [0.1, 0.15) is 34.6 Å². The van der Waals surface area contributed by atoms with E-state index in [0.29, 0.717) is 0 Å². The van der Waals surface area contributed by atoms with E-state index >= 15 is 0 Å². The molecule has 0 saturated carbocycles. The molecule has 0 aliphatic carbocycles. The second-order valence-corrected chi connectivity index (χ2v) is 5.30. The van der Waals surface area contributed by atoms with E-state index < -0.39 is 29.1 Å². The highest BCUT2D eigenvalue weighted by atomic mass is 16.5.